The van der Waals surface area contributed by atoms with Crippen LogP contribution in [0.5, 0.6) is 0 Å². The van der Waals surface area contributed by atoms with Crippen LogP contribution >= 0.6 is 0 Å². The molecule has 2 amide bonds. The van der Waals surface area contributed by atoms with Crippen molar-refractivity contribution in [3.8, 4) is 0 Å². The van der Waals surface area contributed by atoms with Crippen LogP contribution in [0.3, 0.4) is 0 Å². The van der Waals surface area contributed by atoms with E-state index in [1.807, 2.05) is 0 Å². The molecule has 8 aliphatic rings. The number of ketones is 1. The first-order valence-electron chi connectivity index (χ1n) is 26.0. The van der Waals surface area contributed by atoms with Gasteiger partial charge < -0.3 is 63.4 Å². The van der Waals surface area contributed by atoms with Crippen molar-refractivity contribution in [1.29, 1.82) is 0 Å². The highest BCUT2D eigenvalue weighted by atomic mass is 19.1. The molecule has 3 unspecified atom stereocenters. The third-order valence-corrected chi connectivity index (χ3v) is 18.4. The Hall–Kier alpha value is -3.93. The summed E-state index contributed by atoms with van der Waals surface area (Å²) in [7, 11) is 0. The van der Waals surface area contributed by atoms with Gasteiger partial charge in [-0.2, -0.15) is 0 Å². The highest BCUT2D eigenvalue weighted by molar-refractivity contribution is 5.86. The van der Waals surface area contributed by atoms with Gasteiger partial charge in [-0.05, 0) is 122 Å². The summed E-state index contributed by atoms with van der Waals surface area (Å²) in [6.07, 6.45) is -12.7. The number of ether oxygens (including phenoxy) is 8. The molecule has 7 N–H and O–H groups in total. The second-order valence-electron chi connectivity index (χ2n) is 22.8. The van der Waals surface area contributed by atoms with Crippen LogP contribution in [0.2, 0.25) is 0 Å². The van der Waals surface area contributed by atoms with Crippen LogP contribution in [0.15, 0.2) is 48.5 Å². The number of fused-ring (bicyclic) bond motifs is 7. The molecule has 0 aromatic heterocycles. The number of hydrogen-bond acceptors (Lipinski definition) is 16. The molecule has 8 fully saturated rings. The summed E-state index contributed by atoms with van der Waals surface area (Å²) in [5, 5.41) is 61.0. The van der Waals surface area contributed by atoms with E-state index in [0.29, 0.717) is 49.9 Å². The minimum Gasteiger partial charge on any atom is -0.446 e. The standard InChI is InChI=1S/C53H70F2N2O16/c1-25-13-16-53(67-23-25)26(2)39-36(73-53)20-34-33-12-11-27-17-32(14-15-51(27,3)40(33)35(59)21-52(34,39)4)68-47-43(62)41(60)45(37(22-58)69-47)71-48-44(63)42(61)46(72-50(65)57-31-10-6-8-29(55)19-31)38(70-48)24-66-49(64)56-30-9-5-7-28(54)18-30/h5-10,18-19,25-27,32-34,36-48,58,60-63H,11-17,20-24H2,1-4H3,(H,56,64)(H,57,65)/t25-,26?,27+,32+,33+,34+,36?,37-,38-,39?,40-,41-,42-,43-,44-,45-,46-,47-,48+,51+,52+,53-/m1/s1. The van der Waals surface area contributed by atoms with Gasteiger partial charge in [0.1, 0.15) is 66.8 Å². The number of anilines is 2. The van der Waals surface area contributed by atoms with Crippen LogP contribution < -0.4 is 10.6 Å². The molecule has 2 aromatic carbocycles. The van der Waals surface area contributed by atoms with Gasteiger partial charge in [0.2, 0.25) is 0 Å². The number of carbonyl (C=O) groups is 3. The number of aliphatic hydroxyl groups excluding tert-OH is 5. The van der Waals surface area contributed by atoms with E-state index in [9.17, 15) is 48.7 Å². The molecule has 73 heavy (non-hydrogen) atoms. The number of aliphatic hydroxyl groups is 5. The number of rotatable bonds is 10. The van der Waals surface area contributed by atoms with E-state index in [1.165, 1.54) is 30.3 Å². The first-order chi connectivity index (χ1) is 34.8. The lowest BCUT2D eigenvalue weighted by molar-refractivity contribution is -0.363. The largest absolute Gasteiger partial charge is 0.446 e. The molecule has 4 aliphatic heterocycles. The number of amides is 2. The van der Waals surface area contributed by atoms with E-state index in [0.717, 1.165) is 50.3 Å². The molecule has 0 radical (unpaired) electrons. The van der Waals surface area contributed by atoms with Crippen molar-refractivity contribution in [1.82, 2.24) is 0 Å². The zero-order chi connectivity index (χ0) is 51.7. The van der Waals surface area contributed by atoms with Crippen molar-refractivity contribution < 1.29 is 86.6 Å². The Morgan fingerprint density at radius 3 is 2.10 bits per heavy atom. The maximum Gasteiger partial charge on any atom is 0.412 e. The van der Waals surface area contributed by atoms with Crippen molar-refractivity contribution in [2.24, 2.45) is 52.3 Å². The number of hydrogen-bond donors (Lipinski definition) is 7. The third-order valence-electron chi connectivity index (χ3n) is 18.4. The molecule has 2 aromatic rings. The minimum atomic E-state index is -2.02. The van der Waals surface area contributed by atoms with E-state index >= 15 is 0 Å². The zero-order valence-corrected chi connectivity index (χ0v) is 41.6. The van der Waals surface area contributed by atoms with Gasteiger partial charge in [0.15, 0.2) is 24.5 Å². The first-order valence-corrected chi connectivity index (χ1v) is 26.0. The predicted octanol–water partition coefficient (Wildman–Crippen LogP) is 5.41. The molecule has 0 bridgehead atoms. The number of benzene rings is 2. The van der Waals surface area contributed by atoms with Crippen LogP contribution in [0, 0.1) is 63.9 Å². The smallest absolute Gasteiger partial charge is 0.412 e. The van der Waals surface area contributed by atoms with Crippen molar-refractivity contribution in [3.63, 3.8) is 0 Å². The summed E-state index contributed by atoms with van der Waals surface area (Å²) in [6, 6.07) is 9.80. The van der Waals surface area contributed by atoms with Gasteiger partial charge >= 0.3 is 12.2 Å². The summed E-state index contributed by atoms with van der Waals surface area (Å²) in [5.41, 5.74) is -0.384. The minimum absolute atomic E-state index is 0.00495. The van der Waals surface area contributed by atoms with Gasteiger partial charge in [-0.25, -0.2) is 18.4 Å². The molecule has 4 saturated heterocycles. The molecular formula is C53H70F2N2O16. The molecule has 20 heteroatoms. The van der Waals surface area contributed by atoms with Crippen LogP contribution in [-0.4, -0.2) is 143 Å². The fourth-order valence-electron chi connectivity index (χ4n) is 14.9. The summed E-state index contributed by atoms with van der Waals surface area (Å²) in [6.45, 7) is 8.28. The van der Waals surface area contributed by atoms with Gasteiger partial charge in [0, 0.05) is 36.1 Å². The average Bonchev–Trinajstić information content (AvgIpc) is 3.79. The zero-order valence-electron chi connectivity index (χ0n) is 41.6. The Morgan fingerprint density at radius 1 is 0.781 bits per heavy atom. The van der Waals surface area contributed by atoms with Crippen LogP contribution in [0.25, 0.3) is 0 Å². The maximum absolute atomic E-state index is 14.7. The molecule has 18 nitrogen and oxygen atoms in total. The summed E-state index contributed by atoms with van der Waals surface area (Å²) < 4.78 is 76.2. The maximum atomic E-state index is 14.7. The van der Waals surface area contributed by atoms with Crippen molar-refractivity contribution >= 4 is 29.3 Å². The van der Waals surface area contributed by atoms with Gasteiger partial charge in [0.05, 0.1) is 25.4 Å². The Balaban J connectivity index is 0.773. The Bertz CT molecular complexity index is 2340. The molecule has 4 aliphatic carbocycles. The molecule has 4 heterocycles. The fourth-order valence-corrected chi connectivity index (χ4v) is 14.9. The topological polar surface area (TPSA) is 250 Å². The SMILES string of the molecule is CC1C2C(C[C@H]3[C@@H]4CC[C@H]5C[C@@H](O[C@@H]6O[C@H](CO)[C@@H](O[C@@H]7O[C@H](COC(=O)Nc8cccc(F)c8)[C@@H](OC(=O)Nc8cccc(F)c8)[C@H](O)[C@H]7O)[C@H](O)[C@H]6O)CC[C@]5(C)[C@H]4C(=O)C[C@]23C)O[C@]12CC[C@@H](C)CO2. The predicted molar refractivity (Wildman–Crippen MR) is 252 cm³/mol. The van der Waals surface area contributed by atoms with Crippen LogP contribution in [-0.2, 0) is 42.7 Å². The van der Waals surface area contributed by atoms with E-state index in [-0.39, 0.29) is 57.9 Å². The summed E-state index contributed by atoms with van der Waals surface area (Å²) >= 11 is 0. The molecule has 402 valence electrons. The Labute approximate surface area is 422 Å². The van der Waals surface area contributed by atoms with Gasteiger partial charge in [-0.1, -0.05) is 39.8 Å². The number of carbonyl (C=O) groups excluding carboxylic acids is 3. The highest BCUT2D eigenvalue weighted by Gasteiger charge is 2.71. The number of Topliss-reactive ketones (excluding diaryl/α,β-unsaturated/α-hetero) is 1. The lowest BCUT2D eigenvalue weighted by atomic mass is 9.44. The average molecular weight is 1030 g/mol. The summed E-state index contributed by atoms with van der Waals surface area (Å²) in [5.74, 6) is 0.126. The fraction of sp³-hybridized carbons (Fsp3) is 0.717. The molecule has 10 rings (SSSR count). The molecular weight excluding hydrogens is 959 g/mol. The normalized spacial score (nSPS) is 45.1. The molecule has 4 saturated carbocycles. The van der Waals surface area contributed by atoms with Gasteiger partial charge in [-0.3, -0.25) is 15.4 Å². The monoisotopic (exact) mass is 1030 g/mol. The second kappa shape index (κ2) is 20.5. The Kier molecular flexibility index (Phi) is 14.8. The van der Waals surface area contributed by atoms with Crippen molar-refractivity contribution in [3.05, 3.63) is 60.2 Å². The van der Waals surface area contributed by atoms with Crippen LogP contribution in [0.1, 0.15) is 85.5 Å². The van der Waals surface area contributed by atoms with E-state index in [2.05, 4.69) is 38.3 Å². The number of halogens is 2. The van der Waals surface area contributed by atoms with Gasteiger partial charge in [-0.15, -0.1) is 0 Å². The molecule has 1 spiro atoms. The van der Waals surface area contributed by atoms with E-state index < -0.39 is 110 Å². The van der Waals surface area contributed by atoms with E-state index in [4.69, 9.17) is 37.9 Å². The van der Waals surface area contributed by atoms with Crippen molar-refractivity contribution in [2.75, 3.05) is 30.5 Å². The third kappa shape index (κ3) is 9.81. The summed E-state index contributed by atoms with van der Waals surface area (Å²) in [4.78, 5) is 40.4. The quantitative estimate of drug-likeness (QED) is 0.147. The first kappa shape index (κ1) is 52.5. The van der Waals surface area contributed by atoms with Crippen LogP contribution in [0.4, 0.5) is 29.7 Å². The van der Waals surface area contributed by atoms with Crippen molar-refractivity contribution in [2.45, 2.75) is 165 Å². The number of nitrogens with one attached hydrogen (secondary N) is 2. The molecule has 22 atom stereocenters. The van der Waals surface area contributed by atoms with Gasteiger partial charge in [0.25, 0.3) is 0 Å². The lowest BCUT2D eigenvalue weighted by Crippen LogP contribution is -2.65. The lowest BCUT2D eigenvalue weighted by Gasteiger charge is -2.60. The van der Waals surface area contributed by atoms with E-state index in [1.54, 1.807) is 0 Å². The highest BCUT2D eigenvalue weighted by Crippen LogP contribution is 2.70. The second-order valence-corrected chi connectivity index (χ2v) is 22.8. The Morgan fingerprint density at radius 2 is 1.44 bits per heavy atom.